The lowest BCUT2D eigenvalue weighted by Crippen LogP contribution is -1.97. The Bertz CT molecular complexity index is 3050. The minimum absolute atomic E-state index is 0.887. The molecule has 0 aliphatic rings. The summed E-state index contributed by atoms with van der Waals surface area (Å²) in [6.45, 7) is 0. The summed E-state index contributed by atoms with van der Waals surface area (Å²) < 4.78 is 14.7. The highest BCUT2D eigenvalue weighted by molar-refractivity contribution is 6.07. The van der Waals surface area contributed by atoms with Gasteiger partial charge in [0.25, 0.3) is 0 Å². The van der Waals surface area contributed by atoms with Crippen molar-refractivity contribution in [2.45, 2.75) is 0 Å². The third-order valence-electron chi connectivity index (χ3n) is 10.4. The molecule has 0 saturated carbocycles. The van der Waals surface area contributed by atoms with Crippen molar-refractivity contribution in [1.82, 2.24) is 9.55 Å². The van der Waals surface area contributed by atoms with Gasteiger partial charge < -0.3 is 8.83 Å². The van der Waals surface area contributed by atoms with E-state index in [-0.39, 0.29) is 0 Å². The van der Waals surface area contributed by atoms with Gasteiger partial charge in [0.05, 0.1) is 11.0 Å². The first-order valence-electron chi connectivity index (χ1n) is 17.9. The Hall–Kier alpha value is -7.17. The van der Waals surface area contributed by atoms with E-state index in [0.717, 1.165) is 105 Å². The Morgan fingerprint density at radius 2 is 0.830 bits per heavy atom. The minimum Gasteiger partial charge on any atom is -0.456 e. The number of rotatable bonds is 5. The van der Waals surface area contributed by atoms with Crippen molar-refractivity contribution in [3.63, 3.8) is 0 Å². The van der Waals surface area contributed by atoms with Crippen LogP contribution < -0.4 is 0 Å². The maximum atomic E-state index is 6.20. The molecule has 8 aromatic carbocycles. The molecule has 3 heterocycles. The van der Waals surface area contributed by atoms with Crippen LogP contribution in [0, 0.1) is 0 Å². The molecule has 0 N–H and O–H groups in total. The van der Waals surface area contributed by atoms with Gasteiger partial charge in [-0.05, 0) is 118 Å². The topological polar surface area (TPSA) is 44.1 Å². The Morgan fingerprint density at radius 3 is 1.47 bits per heavy atom. The number of hydrogen-bond acceptors (Lipinski definition) is 3. The molecule has 11 aromatic rings. The lowest BCUT2D eigenvalue weighted by atomic mass is 9.92. The maximum Gasteiger partial charge on any atom is 0.145 e. The molecular formula is C49H30N2O2. The molecule has 0 aliphatic heterocycles. The molecule has 4 heteroatoms. The van der Waals surface area contributed by atoms with Crippen molar-refractivity contribution in [3.8, 4) is 50.5 Å². The van der Waals surface area contributed by atoms with Crippen LogP contribution >= 0.6 is 0 Å². The number of imidazole rings is 1. The molecule has 0 spiro atoms. The molecule has 0 atom stereocenters. The van der Waals surface area contributed by atoms with Crippen LogP contribution in [0.15, 0.2) is 191 Å². The Morgan fingerprint density at radius 1 is 0.340 bits per heavy atom. The zero-order valence-electron chi connectivity index (χ0n) is 28.5. The number of furan rings is 2. The highest BCUT2D eigenvalue weighted by Gasteiger charge is 2.17. The second-order valence-corrected chi connectivity index (χ2v) is 13.6. The Balaban J connectivity index is 1.11. The third kappa shape index (κ3) is 4.88. The average molecular weight is 679 g/mol. The highest BCUT2D eigenvalue weighted by atomic mass is 16.3. The van der Waals surface area contributed by atoms with Crippen LogP contribution in [-0.2, 0) is 0 Å². The minimum atomic E-state index is 0.887. The van der Waals surface area contributed by atoms with Gasteiger partial charge >= 0.3 is 0 Å². The van der Waals surface area contributed by atoms with Crippen molar-refractivity contribution >= 4 is 54.9 Å². The van der Waals surface area contributed by atoms with Crippen molar-refractivity contribution in [2.24, 2.45) is 0 Å². The lowest BCUT2D eigenvalue weighted by molar-refractivity contribution is 0.668. The van der Waals surface area contributed by atoms with Gasteiger partial charge in [0.15, 0.2) is 0 Å². The standard InChI is InChI=1S/C49H30N2O2/c1-2-13-38(14-3-1)51-44-18-7-6-17-43(44)50-49(51)34-12-10-11-31(25-34)35-26-36(32-21-23-47-41(29-32)39-15-4-8-19-45(39)52-47)28-37(27-35)33-22-24-48-42(30-33)40-16-5-9-20-46(40)53-48/h1-30H. The third-order valence-corrected chi connectivity index (χ3v) is 10.4. The van der Waals surface area contributed by atoms with E-state index in [1.54, 1.807) is 0 Å². The smallest absolute Gasteiger partial charge is 0.145 e. The largest absolute Gasteiger partial charge is 0.456 e. The average Bonchev–Trinajstić information content (AvgIpc) is 3.92. The molecule has 0 aliphatic carbocycles. The Kier molecular flexibility index (Phi) is 6.52. The summed E-state index contributed by atoms with van der Waals surface area (Å²) in [5.74, 6) is 0.908. The summed E-state index contributed by atoms with van der Waals surface area (Å²) in [6.07, 6.45) is 0. The van der Waals surface area contributed by atoms with Crippen molar-refractivity contribution < 1.29 is 8.83 Å². The molecule has 0 unspecified atom stereocenters. The number of benzene rings is 8. The summed E-state index contributed by atoms with van der Waals surface area (Å²) in [4.78, 5) is 5.17. The molecular weight excluding hydrogens is 649 g/mol. The van der Waals surface area contributed by atoms with Gasteiger partial charge in [-0.2, -0.15) is 0 Å². The first-order valence-corrected chi connectivity index (χ1v) is 17.9. The predicted octanol–water partition coefficient (Wildman–Crippen LogP) is 13.5. The molecule has 0 radical (unpaired) electrons. The monoisotopic (exact) mass is 678 g/mol. The van der Waals surface area contributed by atoms with E-state index in [9.17, 15) is 0 Å². The van der Waals surface area contributed by atoms with Gasteiger partial charge in [-0.1, -0.05) is 97.1 Å². The number of nitrogens with zero attached hydrogens (tertiary/aromatic N) is 2. The van der Waals surface area contributed by atoms with E-state index >= 15 is 0 Å². The summed E-state index contributed by atoms with van der Waals surface area (Å²) in [7, 11) is 0. The second-order valence-electron chi connectivity index (χ2n) is 13.6. The lowest BCUT2D eigenvalue weighted by Gasteiger charge is -2.13. The van der Waals surface area contributed by atoms with E-state index in [1.807, 2.05) is 36.4 Å². The molecule has 248 valence electrons. The van der Waals surface area contributed by atoms with Gasteiger partial charge in [-0.15, -0.1) is 0 Å². The van der Waals surface area contributed by atoms with E-state index in [2.05, 4.69) is 150 Å². The van der Waals surface area contributed by atoms with Gasteiger partial charge in [0, 0.05) is 32.8 Å². The Labute approximate surface area is 304 Å². The van der Waals surface area contributed by atoms with E-state index in [4.69, 9.17) is 13.8 Å². The molecule has 0 saturated heterocycles. The van der Waals surface area contributed by atoms with Crippen LogP contribution in [0.5, 0.6) is 0 Å². The maximum absolute atomic E-state index is 6.20. The fourth-order valence-electron chi connectivity index (χ4n) is 7.83. The van der Waals surface area contributed by atoms with E-state index in [0.29, 0.717) is 0 Å². The van der Waals surface area contributed by atoms with Crippen LogP contribution in [-0.4, -0.2) is 9.55 Å². The van der Waals surface area contributed by atoms with Crippen LogP contribution in [0.2, 0.25) is 0 Å². The first-order chi connectivity index (χ1) is 26.2. The quantitative estimate of drug-likeness (QED) is 0.182. The van der Waals surface area contributed by atoms with Crippen molar-refractivity contribution in [1.29, 1.82) is 0 Å². The molecule has 53 heavy (non-hydrogen) atoms. The van der Waals surface area contributed by atoms with Crippen LogP contribution in [0.4, 0.5) is 0 Å². The molecule has 11 rings (SSSR count). The fourth-order valence-corrected chi connectivity index (χ4v) is 7.83. The van der Waals surface area contributed by atoms with Gasteiger partial charge in [0.1, 0.15) is 28.2 Å². The molecule has 0 fully saturated rings. The van der Waals surface area contributed by atoms with Crippen LogP contribution in [0.1, 0.15) is 0 Å². The molecule has 0 amide bonds. The summed E-state index contributed by atoms with van der Waals surface area (Å²) in [5.41, 5.74) is 14.5. The van der Waals surface area contributed by atoms with Gasteiger partial charge in [0.2, 0.25) is 0 Å². The number of aromatic nitrogens is 2. The number of para-hydroxylation sites is 5. The molecule has 0 bridgehead atoms. The van der Waals surface area contributed by atoms with Gasteiger partial charge in [-0.3, -0.25) is 4.57 Å². The number of fused-ring (bicyclic) bond motifs is 7. The normalized spacial score (nSPS) is 11.8. The second kappa shape index (κ2) is 11.7. The van der Waals surface area contributed by atoms with Crippen molar-refractivity contribution in [3.05, 3.63) is 182 Å². The number of hydrogen-bond donors (Lipinski definition) is 0. The molecule has 3 aromatic heterocycles. The van der Waals surface area contributed by atoms with Crippen LogP contribution in [0.25, 0.3) is 105 Å². The summed E-state index contributed by atoms with van der Waals surface area (Å²) in [6, 6.07) is 64.0. The zero-order chi connectivity index (χ0) is 34.9. The van der Waals surface area contributed by atoms with Crippen LogP contribution in [0.3, 0.4) is 0 Å². The summed E-state index contributed by atoms with van der Waals surface area (Å²) in [5, 5.41) is 4.45. The zero-order valence-corrected chi connectivity index (χ0v) is 28.5. The molecule has 4 nitrogen and oxygen atoms in total. The van der Waals surface area contributed by atoms with Gasteiger partial charge in [-0.25, -0.2) is 4.98 Å². The van der Waals surface area contributed by atoms with Crippen molar-refractivity contribution in [2.75, 3.05) is 0 Å². The highest BCUT2D eigenvalue weighted by Crippen LogP contribution is 2.39. The van der Waals surface area contributed by atoms with E-state index < -0.39 is 0 Å². The summed E-state index contributed by atoms with van der Waals surface area (Å²) >= 11 is 0. The SMILES string of the molecule is c1ccc(-n2c(-c3cccc(-c4cc(-c5ccc6oc7ccccc7c6c5)cc(-c5ccc6oc7ccccc7c6c5)c4)c3)nc3ccccc32)cc1. The fraction of sp³-hybridized carbons (Fsp3) is 0. The van der Waals surface area contributed by atoms with E-state index in [1.165, 1.54) is 0 Å². The predicted molar refractivity (Wildman–Crippen MR) is 217 cm³/mol. The first kappa shape index (κ1) is 29.5.